The first-order valence-electron chi connectivity index (χ1n) is 8.63. The van der Waals surface area contributed by atoms with E-state index in [0.29, 0.717) is 31.2 Å². The van der Waals surface area contributed by atoms with Crippen molar-refractivity contribution in [2.45, 2.75) is 43.8 Å². The predicted octanol–water partition coefficient (Wildman–Crippen LogP) is -0.589. The third-order valence-electron chi connectivity index (χ3n) is 4.46. The highest BCUT2D eigenvalue weighted by molar-refractivity contribution is 5.93. The molecule has 0 unspecified atom stereocenters. The fourth-order valence-electron chi connectivity index (χ4n) is 3.04. The number of carboxylic acid groups (broad SMARTS) is 1. The summed E-state index contributed by atoms with van der Waals surface area (Å²) in [6.45, 7) is 0.341. The fraction of sp³-hybridized carbons (Fsp3) is 0.444. The van der Waals surface area contributed by atoms with E-state index < -0.39 is 42.3 Å². The molecule has 0 spiro atoms. The SMILES string of the molecule is N[C@@H](Cc1ccc(O)cc1)C(=O)N[C@@H](CC(=O)O)C(=O)N1CCC[C@H]1C=O. The molecule has 1 aliphatic rings. The summed E-state index contributed by atoms with van der Waals surface area (Å²) in [6.07, 6.45) is 1.37. The number of nitrogens with two attached hydrogens (primary N) is 1. The van der Waals surface area contributed by atoms with Crippen molar-refractivity contribution < 1.29 is 29.4 Å². The number of aliphatic carboxylic acids is 1. The quantitative estimate of drug-likeness (QED) is 0.442. The number of hydrogen-bond acceptors (Lipinski definition) is 6. The minimum absolute atomic E-state index is 0.0826. The van der Waals surface area contributed by atoms with Crippen LogP contribution < -0.4 is 11.1 Å². The Hall–Kier alpha value is -2.94. The van der Waals surface area contributed by atoms with Crippen LogP contribution in [0, 0.1) is 0 Å². The zero-order chi connectivity index (χ0) is 20.0. The average Bonchev–Trinajstić information content (AvgIpc) is 3.10. The van der Waals surface area contributed by atoms with Crippen LogP contribution in [0.3, 0.4) is 0 Å². The van der Waals surface area contributed by atoms with Gasteiger partial charge in [0.2, 0.25) is 11.8 Å². The van der Waals surface area contributed by atoms with Gasteiger partial charge in [-0.1, -0.05) is 12.1 Å². The number of carboxylic acids is 1. The highest BCUT2D eigenvalue weighted by atomic mass is 16.4. The second kappa shape index (κ2) is 9.13. The van der Waals surface area contributed by atoms with Crippen LogP contribution >= 0.6 is 0 Å². The summed E-state index contributed by atoms with van der Waals surface area (Å²) in [7, 11) is 0. The van der Waals surface area contributed by atoms with Gasteiger partial charge in [0.25, 0.3) is 0 Å². The first kappa shape index (κ1) is 20.4. The number of amides is 2. The van der Waals surface area contributed by atoms with Crippen LogP contribution in [0.5, 0.6) is 5.75 Å². The number of phenols is 1. The average molecular weight is 377 g/mol. The second-order valence-electron chi connectivity index (χ2n) is 6.51. The molecule has 1 fully saturated rings. The number of rotatable bonds is 8. The van der Waals surface area contributed by atoms with Gasteiger partial charge < -0.3 is 31.0 Å². The highest BCUT2D eigenvalue weighted by Gasteiger charge is 2.35. The Morgan fingerprint density at radius 1 is 1.30 bits per heavy atom. The summed E-state index contributed by atoms with van der Waals surface area (Å²) >= 11 is 0. The van der Waals surface area contributed by atoms with Crippen molar-refractivity contribution in [1.29, 1.82) is 0 Å². The molecule has 0 saturated carbocycles. The number of likely N-dealkylation sites (tertiary alicyclic amines) is 1. The summed E-state index contributed by atoms with van der Waals surface area (Å²) < 4.78 is 0. The Kier molecular flexibility index (Phi) is 6.89. The maximum absolute atomic E-state index is 12.6. The summed E-state index contributed by atoms with van der Waals surface area (Å²) in [4.78, 5) is 48.5. The van der Waals surface area contributed by atoms with E-state index in [0.717, 1.165) is 0 Å². The van der Waals surface area contributed by atoms with Crippen LogP contribution in [0.4, 0.5) is 0 Å². The van der Waals surface area contributed by atoms with Crippen molar-refractivity contribution in [2.75, 3.05) is 6.54 Å². The molecule has 1 aliphatic heterocycles. The lowest BCUT2D eigenvalue weighted by molar-refractivity contribution is -0.144. The summed E-state index contributed by atoms with van der Waals surface area (Å²) in [6, 6.07) is 3.26. The number of benzene rings is 1. The number of carbonyl (C=O) groups is 4. The summed E-state index contributed by atoms with van der Waals surface area (Å²) in [5.74, 6) is -2.43. The lowest BCUT2D eigenvalue weighted by Crippen LogP contribution is -2.54. The van der Waals surface area contributed by atoms with Gasteiger partial charge in [-0.25, -0.2) is 0 Å². The van der Waals surface area contributed by atoms with E-state index in [2.05, 4.69) is 5.32 Å². The number of nitrogens with zero attached hydrogens (tertiary/aromatic N) is 1. The summed E-state index contributed by atoms with van der Waals surface area (Å²) in [5, 5.41) is 20.7. The van der Waals surface area contributed by atoms with Gasteiger partial charge in [-0.3, -0.25) is 14.4 Å². The molecule has 0 bridgehead atoms. The van der Waals surface area contributed by atoms with Gasteiger partial charge in [0.1, 0.15) is 18.1 Å². The van der Waals surface area contributed by atoms with Crippen molar-refractivity contribution in [3.05, 3.63) is 29.8 Å². The lowest BCUT2D eigenvalue weighted by Gasteiger charge is -2.26. The van der Waals surface area contributed by atoms with E-state index in [1.165, 1.54) is 17.0 Å². The van der Waals surface area contributed by atoms with Gasteiger partial charge >= 0.3 is 5.97 Å². The van der Waals surface area contributed by atoms with Crippen LogP contribution in [-0.2, 0) is 25.6 Å². The highest BCUT2D eigenvalue weighted by Crippen LogP contribution is 2.17. The number of phenolic OH excluding ortho intramolecular Hbond substituents is 1. The van der Waals surface area contributed by atoms with Crippen molar-refractivity contribution in [2.24, 2.45) is 5.73 Å². The molecule has 3 atom stereocenters. The van der Waals surface area contributed by atoms with Gasteiger partial charge in [-0.2, -0.15) is 0 Å². The Bertz CT molecular complexity index is 706. The zero-order valence-electron chi connectivity index (χ0n) is 14.7. The van der Waals surface area contributed by atoms with E-state index in [4.69, 9.17) is 10.8 Å². The largest absolute Gasteiger partial charge is 0.508 e. The smallest absolute Gasteiger partial charge is 0.305 e. The summed E-state index contributed by atoms with van der Waals surface area (Å²) in [5.41, 5.74) is 6.58. The molecule has 0 radical (unpaired) electrons. The first-order valence-corrected chi connectivity index (χ1v) is 8.63. The molecular formula is C18H23N3O6. The van der Waals surface area contributed by atoms with Crippen LogP contribution in [0.15, 0.2) is 24.3 Å². The Morgan fingerprint density at radius 3 is 2.56 bits per heavy atom. The molecule has 2 amide bonds. The third kappa shape index (κ3) is 5.52. The maximum Gasteiger partial charge on any atom is 0.305 e. The number of nitrogens with one attached hydrogen (secondary N) is 1. The molecule has 1 saturated heterocycles. The van der Waals surface area contributed by atoms with Crippen molar-refractivity contribution >= 4 is 24.1 Å². The van der Waals surface area contributed by atoms with Gasteiger partial charge in [0.05, 0.1) is 18.5 Å². The van der Waals surface area contributed by atoms with E-state index in [9.17, 15) is 24.3 Å². The van der Waals surface area contributed by atoms with Crippen molar-refractivity contribution in [1.82, 2.24) is 10.2 Å². The number of hydrogen-bond donors (Lipinski definition) is 4. The molecule has 0 aliphatic carbocycles. The molecule has 5 N–H and O–H groups in total. The third-order valence-corrected chi connectivity index (χ3v) is 4.46. The van der Waals surface area contributed by atoms with Crippen LogP contribution in [0.2, 0.25) is 0 Å². The number of aldehydes is 1. The maximum atomic E-state index is 12.6. The number of aromatic hydroxyl groups is 1. The molecule has 1 heterocycles. The normalized spacial score (nSPS) is 18.6. The Balaban J connectivity index is 2.04. The van der Waals surface area contributed by atoms with Crippen LogP contribution in [0.25, 0.3) is 0 Å². The van der Waals surface area contributed by atoms with Gasteiger partial charge in [0, 0.05) is 6.54 Å². The molecule has 146 valence electrons. The lowest BCUT2D eigenvalue weighted by atomic mass is 10.0. The molecule has 0 aromatic heterocycles. The molecular weight excluding hydrogens is 354 g/mol. The van der Waals surface area contributed by atoms with Gasteiger partial charge in [0.15, 0.2) is 0 Å². The molecule has 27 heavy (non-hydrogen) atoms. The molecule has 1 aromatic rings. The standard InChI is InChI=1S/C18H23N3O6/c19-14(8-11-3-5-13(23)6-4-11)17(26)20-15(9-16(24)25)18(27)21-7-1-2-12(21)10-22/h3-6,10,12,14-15,23H,1-2,7-9,19H2,(H,20,26)(H,24,25)/t12-,14-,15-/m0/s1. The van der Waals surface area contributed by atoms with Gasteiger partial charge in [-0.05, 0) is 37.0 Å². The Labute approximate surface area is 156 Å². The molecule has 1 aromatic carbocycles. The molecule has 9 heteroatoms. The minimum atomic E-state index is -1.29. The Morgan fingerprint density at radius 2 is 1.96 bits per heavy atom. The number of carbonyl (C=O) groups excluding carboxylic acids is 3. The van der Waals surface area contributed by atoms with Crippen molar-refractivity contribution in [3.8, 4) is 5.75 Å². The predicted molar refractivity (Wildman–Crippen MR) is 94.8 cm³/mol. The second-order valence-corrected chi connectivity index (χ2v) is 6.51. The van der Waals surface area contributed by atoms with E-state index in [1.54, 1.807) is 12.1 Å². The molecule has 9 nitrogen and oxygen atoms in total. The fourth-order valence-corrected chi connectivity index (χ4v) is 3.04. The van der Waals surface area contributed by atoms with E-state index in [-0.39, 0.29) is 12.2 Å². The van der Waals surface area contributed by atoms with E-state index in [1.807, 2.05) is 0 Å². The van der Waals surface area contributed by atoms with Gasteiger partial charge in [-0.15, -0.1) is 0 Å². The minimum Gasteiger partial charge on any atom is -0.508 e. The van der Waals surface area contributed by atoms with E-state index >= 15 is 0 Å². The topological polar surface area (TPSA) is 150 Å². The zero-order valence-corrected chi connectivity index (χ0v) is 14.7. The first-order chi connectivity index (χ1) is 12.8. The van der Waals surface area contributed by atoms with Crippen LogP contribution in [0.1, 0.15) is 24.8 Å². The monoisotopic (exact) mass is 377 g/mol. The molecule has 2 rings (SSSR count). The van der Waals surface area contributed by atoms with Crippen molar-refractivity contribution in [3.63, 3.8) is 0 Å². The van der Waals surface area contributed by atoms with Crippen LogP contribution in [-0.4, -0.2) is 63.9 Å².